The number of nitrogens with zero attached hydrogens (tertiary/aromatic N) is 2. The number of rotatable bonds is 6. The second kappa shape index (κ2) is 7.87. The molecule has 9 heteroatoms. The summed E-state index contributed by atoms with van der Waals surface area (Å²) in [5.74, 6) is -1.15. The van der Waals surface area contributed by atoms with Gasteiger partial charge in [0.2, 0.25) is 5.91 Å². The van der Waals surface area contributed by atoms with Crippen LogP contribution in [-0.4, -0.2) is 59.9 Å². The van der Waals surface area contributed by atoms with E-state index in [-0.39, 0.29) is 12.5 Å². The Bertz CT molecular complexity index is 822. The van der Waals surface area contributed by atoms with Crippen LogP contribution >= 0.6 is 0 Å². The molecule has 28 heavy (non-hydrogen) atoms. The Hall–Kier alpha value is -3.10. The Morgan fingerprint density at radius 2 is 1.68 bits per heavy atom. The first-order chi connectivity index (χ1) is 13.3. The first-order valence-corrected chi connectivity index (χ1v) is 9.14. The van der Waals surface area contributed by atoms with Gasteiger partial charge in [-0.15, -0.1) is 0 Å². The van der Waals surface area contributed by atoms with Crippen molar-refractivity contribution in [3.63, 3.8) is 0 Å². The Morgan fingerprint density at radius 1 is 1.04 bits per heavy atom. The molecule has 0 radical (unpaired) electrons. The highest BCUT2D eigenvalue weighted by Crippen LogP contribution is 2.32. The van der Waals surface area contributed by atoms with Gasteiger partial charge in [0, 0.05) is 6.54 Å². The Balaban J connectivity index is 1.63. The number of amides is 5. The lowest BCUT2D eigenvalue weighted by molar-refractivity contribution is -0.144. The molecule has 1 fully saturated rings. The number of benzene rings is 1. The third-order valence-electron chi connectivity index (χ3n) is 4.43. The topological polar surface area (TPSA) is 105 Å². The second-order valence-electron chi connectivity index (χ2n) is 7.18. The standard InChI is InChI=1S/C19H23N3O6/c1-11(2)9-21-17(24)18(25)22(19(21)26)10-16(23)20-12(3)13-4-5-14-15(8-13)28-7-6-27-14/h4-5,8,11-12H,6-7,9-10H2,1-3H3,(H,20,23)/t12-/m0/s1. The summed E-state index contributed by atoms with van der Waals surface area (Å²) in [6, 6.07) is 4.20. The van der Waals surface area contributed by atoms with Crippen molar-refractivity contribution in [3.05, 3.63) is 23.8 Å². The summed E-state index contributed by atoms with van der Waals surface area (Å²) in [6.45, 7) is 6.00. The molecule has 1 N–H and O–H groups in total. The fourth-order valence-electron chi connectivity index (χ4n) is 3.06. The highest BCUT2D eigenvalue weighted by molar-refractivity contribution is 6.45. The van der Waals surface area contributed by atoms with Gasteiger partial charge in [-0.3, -0.25) is 19.3 Å². The monoisotopic (exact) mass is 389 g/mol. The molecule has 0 saturated carbocycles. The van der Waals surface area contributed by atoms with Crippen molar-refractivity contribution in [2.45, 2.75) is 26.8 Å². The van der Waals surface area contributed by atoms with Crippen molar-refractivity contribution in [3.8, 4) is 11.5 Å². The first-order valence-electron chi connectivity index (χ1n) is 9.14. The van der Waals surface area contributed by atoms with Crippen LogP contribution < -0.4 is 14.8 Å². The minimum absolute atomic E-state index is 0.0182. The molecule has 2 heterocycles. The Kier molecular flexibility index (Phi) is 5.53. The van der Waals surface area contributed by atoms with Crippen LogP contribution in [0.5, 0.6) is 11.5 Å². The van der Waals surface area contributed by atoms with Crippen molar-refractivity contribution < 1.29 is 28.7 Å². The molecule has 0 aliphatic carbocycles. The zero-order chi connectivity index (χ0) is 20.4. The zero-order valence-corrected chi connectivity index (χ0v) is 16.1. The summed E-state index contributed by atoms with van der Waals surface area (Å²) in [5.41, 5.74) is 0.786. The Morgan fingerprint density at radius 3 is 2.36 bits per heavy atom. The highest BCUT2D eigenvalue weighted by Gasteiger charge is 2.45. The summed E-state index contributed by atoms with van der Waals surface area (Å²) in [7, 11) is 0. The van der Waals surface area contributed by atoms with Crippen molar-refractivity contribution in [1.29, 1.82) is 0 Å². The van der Waals surface area contributed by atoms with Crippen molar-refractivity contribution in [2.75, 3.05) is 26.3 Å². The van der Waals surface area contributed by atoms with Crippen LogP contribution in [0.1, 0.15) is 32.4 Å². The average molecular weight is 389 g/mol. The number of carbonyl (C=O) groups is 4. The van der Waals surface area contributed by atoms with E-state index in [1.54, 1.807) is 25.1 Å². The van der Waals surface area contributed by atoms with Crippen LogP contribution in [0.15, 0.2) is 18.2 Å². The quantitative estimate of drug-likeness (QED) is 0.577. The molecule has 1 atom stereocenters. The number of carbonyl (C=O) groups excluding carboxylic acids is 4. The van der Waals surface area contributed by atoms with E-state index in [1.807, 2.05) is 13.8 Å². The van der Waals surface area contributed by atoms with Crippen molar-refractivity contribution in [1.82, 2.24) is 15.1 Å². The summed E-state index contributed by atoms with van der Waals surface area (Å²) < 4.78 is 11.0. The van der Waals surface area contributed by atoms with Gasteiger partial charge in [0.05, 0.1) is 6.04 Å². The van der Waals surface area contributed by atoms with Crippen LogP contribution in [0.3, 0.4) is 0 Å². The van der Waals surface area contributed by atoms with E-state index >= 15 is 0 Å². The van der Waals surface area contributed by atoms with Crippen LogP contribution in [0.2, 0.25) is 0 Å². The number of hydrogen-bond acceptors (Lipinski definition) is 6. The predicted octanol–water partition coefficient (Wildman–Crippen LogP) is 1.08. The SMILES string of the molecule is CC(C)CN1C(=O)C(=O)N(CC(=O)N[C@@H](C)c2ccc3c(c2)OCCO3)C1=O. The largest absolute Gasteiger partial charge is 0.486 e. The maximum absolute atomic E-state index is 12.4. The summed E-state index contributed by atoms with van der Waals surface area (Å²) in [4.78, 5) is 50.3. The average Bonchev–Trinajstić information content (AvgIpc) is 2.85. The van der Waals surface area contributed by atoms with E-state index in [0.29, 0.717) is 29.6 Å². The van der Waals surface area contributed by atoms with Crippen LogP contribution in [-0.2, 0) is 14.4 Å². The summed E-state index contributed by atoms with van der Waals surface area (Å²) >= 11 is 0. The van der Waals surface area contributed by atoms with Gasteiger partial charge in [-0.1, -0.05) is 19.9 Å². The van der Waals surface area contributed by atoms with Crippen LogP contribution in [0.4, 0.5) is 4.79 Å². The van der Waals surface area contributed by atoms with Crippen molar-refractivity contribution >= 4 is 23.8 Å². The molecule has 0 bridgehead atoms. The lowest BCUT2D eigenvalue weighted by Crippen LogP contribution is -2.42. The van der Waals surface area contributed by atoms with Gasteiger partial charge in [-0.2, -0.15) is 0 Å². The number of urea groups is 1. The van der Waals surface area contributed by atoms with Crippen molar-refractivity contribution in [2.24, 2.45) is 5.92 Å². The molecule has 2 aliphatic heterocycles. The molecule has 2 aliphatic rings. The minimum atomic E-state index is -0.979. The molecule has 3 rings (SSSR count). The summed E-state index contributed by atoms with van der Waals surface area (Å²) in [5, 5.41) is 2.73. The van der Waals surface area contributed by atoms with Gasteiger partial charge in [-0.05, 0) is 30.5 Å². The normalized spacial score (nSPS) is 17.4. The van der Waals surface area contributed by atoms with E-state index in [0.717, 1.165) is 10.5 Å². The number of ether oxygens (including phenoxy) is 2. The van der Waals surface area contributed by atoms with Crippen LogP contribution in [0, 0.1) is 5.92 Å². The molecule has 0 aromatic heterocycles. The Labute approximate surface area is 162 Å². The second-order valence-corrected chi connectivity index (χ2v) is 7.18. The predicted molar refractivity (Wildman–Crippen MR) is 97.6 cm³/mol. The van der Waals surface area contributed by atoms with Gasteiger partial charge in [0.15, 0.2) is 11.5 Å². The fourth-order valence-corrected chi connectivity index (χ4v) is 3.06. The highest BCUT2D eigenvalue weighted by atomic mass is 16.6. The number of hydrogen-bond donors (Lipinski definition) is 1. The lowest BCUT2D eigenvalue weighted by Gasteiger charge is -2.21. The third-order valence-corrected chi connectivity index (χ3v) is 4.43. The zero-order valence-electron chi connectivity index (χ0n) is 16.1. The van der Waals surface area contributed by atoms with Gasteiger partial charge < -0.3 is 14.8 Å². The molecule has 9 nitrogen and oxygen atoms in total. The molecule has 1 aromatic carbocycles. The van der Waals surface area contributed by atoms with Gasteiger partial charge in [0.25, 0.3) is 0 Å². The number of nitrogens with one attached hydrogen (secondary N) is 1. The molecule has 1 saturated heterocycles. The van der Waals surface area contributed by atoms with Gasteiger partial charge >= 0.3 is 17.8 Å². The molecular formula is C19H23N3O6. The fraction of sp³-hybridized carbons (Fsp3) is 0.474. The molecular weight excluding hydrogens is 366 g/mol. The molecule has 5 amide bonds. The van der Waals surface area contributed by atoms with E-state index in [2.05, 4.69) is 5.32 Å². The smallest absolute Gasteiger partial charge is 0.334 e. The number of fused-ring (bicyclic) bond motifs is 1. The maximum Gasteiger partial charge on any atom is 0.334 e. The molecule has 1 aromatic rings. The van der Waals surface area contributed by atoms with Gasteiger partial charge in [0.1, 0.15) is 19.8 Å². The lowest BCUT2D eigenvalue weighted by atomic mass is 10.1. The van der Waals surface area contributed by atoms with E-state index in [1.165, 1.54) is 0 Å². The molecule has 150 valence electrons. The van der Waals surface area contributed by atoms with E-state index in [9.17, 15) is 19.2 Å². The molecule has 0 unspecified atom stereocenters. The van der Waals surface area contributed by atoms with E-state index in [4.69, 9.17) is 9.47 Å². The van der Waals surface area contributed by atoms with E-state index < -0.39 is 36.3 Å². The third kappa shape index (κ3) is 3.92. The maximum atomic E-state index is 12.4. The number of imide groups is 2. The van der Waals surface area contributed by atoms with Gasteiger partial charge in [-0.25, -0.2) is 9.69 Å². The van der Waals surface area contributed by atoms with Crippen LogP contribution in [0.25, 0.3) is 0 Å². The molecule has 0 spiro atoms. The first kappa shape index (κ1) is 19.7. The summed E-state index contributed by atoms with van der Waals surface area (Å²) in [6.07, 6.45) is 0. The minimum Gasteiger partial charge on any atom is -0.486 e.